The van der Waals surface area contributed by atoms with Crippen molar-refractivity contribution in [2.75, 3.05) is 0 Å². The monoisotopic (exact) mass is 245 g/mol. The molecule has 1 rings (SSSR count). The third-order valence-electron chi connectivity index (χ3n) is 2.79. The van der Waals surface area contributed by atoms with Gasteiger partial charge in [0.05, 0.1) is 5.57 Å². The molecule has 1 unspecified atom stereocenters. The summed E-state index contributed by atoms with van der Waals surface area (Å²) in [5.41, 5.74) is 2.16. The van der Waals surface area contributed by atoms with Crippen LogP contribution in [0, 0.1) is 0 Å². The second-order valence-corrected chi connectivity index (χ2v) is 4.18. The van der Waals surface area contributed by atoms with Crippen molar-refractivity contribution in [3.63, 3.8) is 0 Å². The summed E-state index contributed by atoms with van der Waals surface area (Å²) >= 11 is 0. The van der Waals surface area contributed by atoms with Crippen molar-refractivity contribution in [1.29, 1.82) is 0 Å². The lowest BCUT2D eigenvalue weighted by atomic mass is 10.1. The summed E-state index contributed by atoms with van der Waals surface area (Å²) in [6.45, 7) is 7.37. The van der Waals surface area contributed by atoms with E-state index in [1.807, 2.05) is 37.3 Å². The molecule has 0 aromatic heterocycles. The summed E-state index contributed by atoms with van der Waals surface area (Å²) in [7, 11) is 0. The van der Waals surface area contributed by atoms with Gasteiger partial charge in [-0.3, -0.25) is 0 Å². The van der Waals surface area contributed by atoms with Crippen LogP contribution in [0.15, 0.2) is 54.3 Å². The van der Waals surface area contributed by atoms with E-state index in [0.29, 0.717) is 17.7 Å². The van der Waals surface area contributed by atoms with Gasteiger partial charge in [-0.25, -0.2) is 4.79 Å². The third-order valence-corrected chi connectivity index (χ3v) is 2.79. The molecule has 0 radical (unpaired) electrons. The highest BCUT2D eigenvalue weighted by molar-refractivity contribution is 5.87. The van der Waals surface area contributed by atoms with Crippen molar-refractivity contribution in [2.24, 2.45) is 0 Å². The molecule has 0 spiro atoms. The second-order valence-electron chi connectivity index (χ2n) is 4.18. The van der Waals surface area contributed by atoms with Crippen LogP contribution in [-0.4, -0.2) is 11.1 Å². The Morgan fingerprint density at radius 1 is 1.44 bits per heavy atom. The Balaban J connectivity index is 2.85. The van der Waals surface area contributed by atoms with Gasteiger partial charge in [0.1, 0.15) is 0 Å². The van der Waals surface area contributed by atoms with Gasteiger partial charge in [0.2, 0.25) is 0 Å². The molecule has 96 valence electrons. The fraction of sp³-hybridized carbons (Fsp3) is 0.267. The van der Waals surface area contributed by atoms with Gasteiger partial charge in [-0.05, 0) is 25.8 Å². The van der Waals surface area contributed by atoms with Crippen LogP contribution < -0.4 is 5.32 Å². The van der Waals surface area contributed by atoms with Crippen LogP contribution in [-0.2, 0) is 4.79 Å². The SMILES string of the molecule is C=CCC(C(=O)O)=C(C)NC(C)c1ccccc1. The summed E-state index contributed by atoms with van der Waals surface area (Å²) in [4.78, 5) is 11.1. The molecule has 0 heterocycles. The molecule has 18 heavy (non-hydrogen) atoms. The normalized spacial score (nSPS) is 13.4. The molecule has 0 saturated heterocycles. The largest absolute Gasteiger partial charge is 0.478 e. The first kappa shape index (κ1) is 14.0. The van der Waals surface area contributed by atoms with Crippen LogP contribution in [0.5, 0.6) is 0 Å². The maximum atomic E-state index is 11.1. The molecule has 0 aliphatic carbocycles. The Bertz CT molecular complexity index is 449. The first-order valence-corrected chi connectivity index (χ1v) is 5.91. The lowest BCUT2D eigenvalue weighted by molar-refractivity contribution is -0.132. The number of hydrogen-bond acceptors (Lipinski definition) is 2. The zero-order valence-corrected chi connectivity index (χ0v) is 10.8. The van der Waals surface area contributed by atoms with Gasteiger partial charge in [-0.15, -0.1) is 6.58 Å². The molecule has 0 fully saturated rings. The number of benzene rings is 1. The first-order valence-electron chi connectivity index (χ1n) is 5.91. The Morgan fingerprint density at radius 3 is 2.56 bits per heavy atom. The zero-order chi connectivity index (χ0) is 13.5. The Hall–Kier alpha value is -2.03. The van der Waals surface area contributed by atoms with E-state index in [-0.39, 0.29) is 6.04 Å². The highest BCUT2D eigenvalue weighted by atomic mass is 16.4. The molecule has 2 N–H and O–H groups in total. The van der Waals surface area contributed by atoms with Crippen molar-refractivity contribution in [3.8, 4) is 0 Å². The number of carboxylic acid groups (broad SMARTS) is 1. The minimum atomic E-state index is -0.903. The van der Waals surface area contributed by atoms with E-state index in [1.165, 1.54) is 0 Å². The van der Waals surface area contributed by atoms with Crippen molar-refractivity contribution < 1.29 is 9.90 Å². The fourth-order valence-corrected chi connectivity index (χ4v) is 1.78. The summed E-state index contributed by atoms with van der Waals surface area (Å²) < 4.78 is 0. The Morgan fingerprint density at radius 2 is 2.06 bits per heavy atom. The molecule has 0 amide bonds. The van der Waals surface area contributed by atoms with Gasteiger partial charge >= 0.3 is 5.97 Å². The highest BCUT2D eigenvalue weighted by Gasteiger charge is 2.12. The summed E-state index contributed by atoms with van der Waals surface area (Å²) in [5, 5.41) is 12.3. The van der Waals surface area contributed by atoms with Gasteiger partial charge in [0.25, 0.3) is 0 Å². The van der Waals surface area contributed by atoms with E-state index in [0.717, 1.165) is 5.56 Å². The van der Waals surface area contributed by atoms with Crippen LogP contribution in [0.1, 0.15) is 31.9 Å². The van der Waals surface area contributed by atoms with Crippen molar-refractivity contribution in [1.82, 2.24) is 5.32 Å². The van der Waals surface area contributed by atoms with E-state index in [9.17, 15) is 4.79 Å². The van der Waals surface area contributed by atoms with Gasteiger partial charge in [-0.2, -0.15) is 0 Å². The Labute approximate surface area is 108 Å². The van der Waals surface area contributed by atoms with Crippen LogP contribution >= 0.6 is 0 Å². The summed E-state index contributed by atoms with van der Waals surface area (Å²) in [6.07, 6.45) is 1.96. The molecule has 3 nitrogen and oxygen atoms in total. The van der Waals surface area contributed by atoms with Crippen LogP contribution in [0.25, 0.3) is 0 Å². The maximum Gasteiger partial charge on any atom is 0.333 e. The lowest BCUT2D eigenvalue weighted by Crippen LogP contribution is -2.20. The number of carboxylic acids is 1. The van der Waals surface area contributed by atoms with Crippen LogP contribution in [0.3, 0.4) is 0 Å². The molecule has 0 bridgehead atoms. The van der Waals surface area contributed by atoms with Gasteiger partial charge in [0, 0.05) is 11.7 Å². The molecule has 3 heteroatoms. The molecule has 0 aliphatic rings. The van der Waals surface area contributed by atoms with Crippen molar-refractivity contribution in [2.45, 2.75) is 26.3 Å². The zero-order valence-electron chi connectivity index (χ0n) is 10.8. The maximum absolute atomic E-state index is 11.1. The quantitative estimate of drug-likeness (QED) is 0.597. The predicted molar refractivity (Wildman–Crippen MR) is 73.1 cm³/mol. The van der Waals surface area contributed by atoms with E-state index >= 15 is 0 Å². The van der Waals surface area contributed by atoms with Gasteiger partial charge in [-0.1, -0.05) is 36.4 Å². The number of carbonyl (C=O) groups is 1. The van der Waals surface area contributed by atoms with E-state index in [2.05, 4.69) is 11.9 Å². The standard InChI is InChI=1S/C15H19NO2/c1-4-8-14(15(17)18)12(3)16-11(2)13-9-6-5-7-10-13/h4-7,9-11,16H,1,8H2,2-3H3,(H,17,18). The van der Waals surface area contributed by atoms with Crippen LogP contribution in [0.4, 0.5) is 0 Å². The average molecular weight is 245 g/mol. The molecule has 1 aromatic carbocycles. The number of allylic oxidation sites excluding steroid dienone is 2. The predicted octanol–water partition coefficient (Wildman–Crippen LogP) is 3.27. The summed E-state index contributed by atoms with van der Waals surface area (Å²) in [6, 6.07) is 9.99. The number of rotatable bonds is 6. The third kappa shape index (κ3) is 3.77. The lowest BCUT2D eigenvalue weighted by Gasteiger charge is -2.17. The highest BCUT2D eigenvalue weighted by Crippen LogP contribution is 2.15. The molecule has 1 atom stereocenters. The smallest absolute Gasteiger partial charge is 0.333 e. The number of aliphatic carboxylic acids is 1. The van der Waals surface area contributed by atoms with Crippen LogP contribution in [0.2, 0.25) is 0 Å². The average Bonchev–Trinajstić information content (AvgIpc) is 2.36. The van der Waals surface area contributed by atoms with E-state index in [1.54, 1.807) is 13.0 Å². The molecular weight excluding hydrogens is 226 g/mol. The fourth-order valence-electron chi connectivity index (χ4n) is 1.78. The molecule has 0 saturated carbocycles. The van der Waals surface area contributed by atoms with Crippen molar-refractivity contribution in [3.05, 3.63) is 59.8 Å². The minimum absolute atomic E-state index is 0.0744. The molecule has 1 aromatic rings. The van der Waals surface area contributed by atoms with Crippen molar-refractivity contribution >= 4 is 5.97 Å². The number of hydrogen-bond donors (Lipinski definition) is 2. The second kappa shape index (κ2) is 6.64. The topological polar surface area (TPSA) is 49.3 Å². The van der Waals surface area contributed by atoms with Gasteiger partial charge in [0.15, 0.2) is 0 Å². The number of nitrogens with one attached hydrogen (secondary N) is 1. The van der Waals surface area contributed by atoms with E-state index < -0.39 is 5.97 Å². The summed E-state index contributed by atoms with van der Waals surface area (Å²) in [5.74, 6) is -0.903. The van der Waals surface area contributed by atoms with Gasteiger partial charge < -0.3 is 10.4 Å². The molecule has 0 aliphatic heterocycles. The van der Waals surface area contributed by atoms with E-state index in [4.69, 9.17) is 5.11 Å². The minimum Gasteiger partial charge on any atom is -0.478 e. The first-order chi connectivity index (χ1) is 8.56. The molecular formula is C15H19NO2. The Kier molecular flexibility index (Phi) is 5.18.